The lowest BCUT2D eigenvalue weighted by Crippen LogP contribution is -2.35. The summed E-state index contributed by atoms with van der Waals surface area (Å²) in [6.07, 6.45) is 7.46. The van der Waals surface area contributed by atoms with Crippen molar-refractivity contribution in [1.29, 1.82) is 0 Å². The van der Waals surface area contributed by atoms with Crippen LogP contribution in [0, 0.1) is 16.7 Å². The summed E-state index contributed by atoms with van der Waals surface area (Å²) < 4.78 is 0. The van der Waals surface area contributed by atoms with Crippen molar-refractivity contribution in [2.24, 2.45) is 26.7 Å². The van der Waals surface area contributed by atoms with E-state index in [2.05, 4.69) is 55.4 Å². The van der Waals surface area contributed by atoms with E-state index in [9.17, 15) is 0 Å². The maximum atomic E-state index is 5.14. The van der Waals surface area contributed by atoms with E-state index in [0.717, 1.165) is 5.84 Å². The van der Waals surface area contributed by atoms with E-state index in [0.29, 0.717) is 5.92 Å². The van der Waals surface area contributed by atoms with Crippen LogP contribution in [0.1, 0.15) is 93.9 Å². The Morgan fingerprint density at radius 2 is 1.59 bits per heavy atom. The highest BCUT2D eigenvalue weighted by atomic mass is 15.1. The van der Waals surface area contributed by atoms with E-state index in [1.807, 2.05) is 0 Å². The molecular weight excluding hydrogens is 268 g/mol. The summed E-state index contributed by atoms with van der Waals surface area (Å²) in [5, 5.41) is 0. The Balaban J connectivity index is 3.01. The van der Waals surface area contributed by atoms with Gasteiger partial charge < -0.3 is 0 Å². The number of aliphatic imine (C=N–C) groups is 2. The molecule has 0 saturated heterocycles. The third-order valence-corrected chi connectivity index (χ3v) is 5.00. The molecule has 0 saturated carbocycles. The first-order valence-corrected chi connectivity index (χ1v) is 9.32. The van der Waals surface area contributed by atoms with Crippen molar-refractivity contribution in [1.82, 2.24) is 0 Å². The van der Waals surface area contributed by atoms with Crippen LogP contribution in [0.15, 0.2) is 9.98 Å². The first-order chi connectivity index (χ1) is 10.2. The minimum absolute atomic E-state index is 0.104. The molecule has 2 nitrogen and oxygen atoms in total. The highest BCUT2D eigenvalue weighted by molar-refractivity contribution is 6.08. The summed E-state index contributed by atoms with van der Waals surface area (Å²) >= 11 is 0. The van der Waals surface area contributed by atoms with Crippen LogP contribution in [-0.2, 0) is 0 Å². The van der Waals surface area contributed by atoms with E-state index in [1.165, 1.54) is 44.2 Å². The zero-order valence-electron chi connectivity index (χ0n) is 16.3. The number of nitrogens with zero attached hydrogens (tertiary/aromatic N) is 2. The van der Waals surface area contributed by atoms with Gasteiger partial charge in [-0.1, -0.05) is 81.1 Å². The van der Waals surface area contributed by atoms with Gasteiger partial charge in [-0.05, 0) is 24.2 Å². The normalized spacial score (nSPS) is 19.6. The van der Waals surface area contributed by atoms with Crippen molar-refractivity contribution in [3.8, 4) is 0 Å². The number of rotatable bonds is 9. The summed E-state index contributed by atoms with van der Waals surface area (Å²) in [4.78, 5) is 10.2. The molecule has 0 bridgehead atoms. The van der Waals surface area contributed by atoms with Crippen LogP contribution in [0.4, 0.5) is 0 Å². The molecule has 0 aliphatic carbocycles. The third kappa shape index (κ3) is 4.67. The molecule has 0 fully saturated rings. The summed E-state index contributed by atoms with van der Waals surface area (Å²) in [6.45, 7) is 18.4. The highest BCUT2D eigenvalue weighted by Crippen LogP contribution is 2.38. The predicted octanol–water partition coefficient (Wildman–Crippen LogP) is 6.30. The van der Waals surface area contributed by atoms with Gasteiger partial charge in [-0.3, -0.25) is 4.99 Å². The van der Waals surface area contributed by atoms with Crippen LogP contribution < -0.4 is 0 Å². The lowest BCUT2D eigenvalue weighted by molar-refractivity contribution is 0.306. The number of amidine groups is 1. The van der Waals surface area contributed by atoms with Gasteiger partial charge in [0.2, 0.25) is 0 Å². The summed E-state index contributed by atoms with van der Waals surface area (Å²) in [5.74, 6) is 1.58. The van der Waals surface area contributed by atoms with Gasteiger partial charge in [-0.15, -0.1) is 0 Å². The van der Waals surface area contributed by atoms with E-state index in [1.54, 1.807) is 0 Å². The quantitative estimate of drug-likeness (QED) is 0.447. The Morgan fingerprint density at radius 3 is 2.09 bits per heavy atom. The largest absolute Gasteiger partial charge is 0.260 e. The zero-order valence-corrected chi connectivity index (χ0v) is 16.3. The van der Waals surface area contributed by atoms with Crippen LogP contribution in [0.25, 0.3) is 0 Å². The topological polar surface area (TPSA) is 24.7 Å². The zero-order chi connectivity index (χ0) is 17.0. The van der Waals surface area contributed by atoms with Gasteiger partial charge in [0.05, 0.1) is 6.04 Å². The van der Waals surface area contributed by atoms with Gasteiger partial charge in [0.25, 0.3) is 0 Å². The second kappa shape index (κ2) is 7.75. The molecule has 22 heavy (non-hydrogen) atoms. The Kier molecular flexibility index (Phi) is 6.83. The molecule has 0 aromatic rings. The summed E-state index contributed by atoms with van der Waals surface area (Å²) in [5.41, 5.74) is 1.61. The van der Waals surface area contributed by atoms with Crippen LogP contribution in [-0.4, -0.2) is 17.6 Å². The molecule has 0 aromatic carbocycles. The van der Waals surface area contributed by atoms with Crippen LogP contribution in [0.3, 0.4) is 0 Å². The fourth-order valence-electron chi connectivity index (χ4n) is 3.46. The highest BCUT2D eigenvalue weighted by Gasteiger charge is 2.40. The first-order valence-electron chi connectivity index (χ1n) is 9.32. The van der Waals surface area contributed by atoms with E-state index >= 15 is 0 Å². The van der Waals surface area contributed by atoms with Crippen molar-refractivity contribution in [2.75, 3.05) is 0 Å². The molecule has 1 atom stereocenters. The minimum Gasteiger partial charge on any atom is -0.260 e. The molecule has 1 aliphatic heterocycles. The van der Waals surface area contributed by atoms with Gasteiger partial charge in [0, 0.05) is 11.1 Å². The lowest BCUT2D eigenvalue weighted by atomic mass is 9.76. The molecule has 0 aromatic heterocycles. The maximum Gasteiger partial charge on any atom is 0.129 e. The Bertz CT molecular complexity index is 413. The van der Waals surface area contributed by atoms with Gasteiger partial charge >= 0.3 is 0 Å². The van der Waals surface area contributed by atoms with Crippen molar-refractivity contribution in [3.63, 3.8) is 0 Å². The van der Waals surface area contributed by atoms with E-state index < -0.39 is 0 Å². The first kappa shape index (κ1) is 19.4. The molecule has 1 rings (SSSR count). The second-order valence-electron chi connectivity index (χ2n) is 8.63. The van der Waals surface area contributed by atoms with Gasteiger partial charge in [-0.25, -0.2) is 4.99 Å². The summed E-state index contributed by atoms with van der Waals surface area (Å²) in [7, 11) is 0. The Labute approximate surface area is 138 Å². The van der Waals surface area contributed by atoms with Gasteiger partial charge in [-0.2, -0.15) is 0 Å². The number of hydrogen-bond acceptors (Lipinski definition) is 2. The van der Waals surface area contributed by atoms with Gasteiger partial charge in [0.1, 0.15) is 5.84 Å². The van der Waals surface area contributed by atoms with Crippen molar-refractivity contribution < 1.29 is 0 Å². The minimum atomic E-state index is 0.104. The maximum absolute atomic E-state index is 5.14. The lowest BCUT2D eigenvalue weighted by Gasteiger charge is -2.31. The SMILES string of the molecule is CCCCCC(C)(C)C1=NC(C(C)(C)CCC)C(C(C)C)=N1. The average molecular weight is 307 g/mol. The van der Waals surface area contributed by atoms with Crippen LogP contribution >= 0.6 is 0 Å². The monoisotopic (exact) mass is 306 g/mol. The second-order valence-corrected chi connectivity index (χ2v) is 8.63. The standard InChI is InChI=1S/C20H38N2/c1-9-11-12-14-20(7,8)18-21-16(15(3)4)17(22-18)19(5,6)13-10-2/h15,17H,9-14H2,1-8H3. The molecular formula is C20H38N2. The molecule has 1 aliphatic rings. The number of hydrogen-bond donors (Lipinski definition) is 0. The Hall–Kier alpha value is -0.660. The molecule has 0 amide bonds. The molecule has 1 unspecified atom stereocenters. The molecule has 1 heterocycles. The van der Waals surface area contributed by atoms with Crippen LogP contribution in [0.5, 0.6) is 0 Å². The van der Waals surface area contributed by atoms with Gasteiger partial charge in [0.15, 0.2) is 0 Å². The fourth-order valence-corrected chi connectivity index (χ4v) is 3.46. The predicted molar refractivity (Wildman–Crippen MR) is 100 cm³/mol. The van der Waals surface area contributed by atoms with E-state index in [-0.39, 0.29) is 16.9 Å². The smallest absolute Gasteiger partial charge is 0.129 e. The summed E-state index contributed by atoms with van der Waals surface area (Å²) in [6, 6.07) is 0.271. The fraction of sp³-hybridized carbons (Fsp3) is 0.900. The van der Waals surface area contributed by atoms with Crippen LogP contribution in [0.2, 0.25) is 0 Å². The molecule has 0 radical (unpaired) electrons. The molecule has 128 valence electrons. The van der Waals surface area contributed by atoms with Crippen molar-refractivity contribution in [3.05, 3.63) is 0 Å². The van der Waals surface area contributed by atoms with Crippen molar-refractivity contribution in [2.45, 2.75) is 100.0 Å². The Morgan fingerprint density at radius 1 is 0.955 bits per heavy atom. The third-order valence-electron chi connectivity index (χ3n) is 5.00. The average Bonchev–Trinajstić information content (AvgIpc) is 2.85. The van der Waals surface area contributed by atoms with E-state index in [4.69, 9.17) is 9.98 Å². The molecule has 2 heteroatoms. The molecule has 0 N–H and O–H groups in total. The number of unbranched alkanes of at least 4 members (excludes halogenated alkanes) is 2. The molecule has 0 spiro atoms. The van der Waals surface area contributed by atoms with Crippen molar-refractivity contribution >= 4 is 11.5 Å².